The maximum absolute atomic E-state index is 12.9. The van der Waals surface area contributed by atoms with Gasteiger partial charge in [0, 0.05) is 24.8 Å². The Hall–Kier alpha value is -1.42. The molecule has 1 unspecified atom stereocenters. The minimum Gasteiger partial charge on any atom is -0.393 e. The number of benzene rings is 1. The molecule has 0 aliphatic rings. The number of hydrogen-bond donors (Lipinski definition) is 1. The second-order valence-corrected chi connectivity index (χ2v) is 3.88. The molecule has 1 rings (SSSR count). The van der Waals surface area contributed by atoms with Crippen LogP contribution in [-0.4, -0.2) is 31.1 Å². The minimum atomic E-state index is -0.422. The highest BCUT2D eigenvalue weighted by atomic mass is 19.1. The summed E-state index contributed by atoms with van der Waals surface area (Å²) >= 11 is 0. The molecule has 0 spiro atoms. The highest BCUT2D eigenvalue weighted by Crippen LogP contribution is 2.19. The van der Waals surface area contributed by atoms with Gasteiger partial charge in [0.25, 0.3) is 0 Å². The van der Waals surface area contributed by atoms with E-state index >= 15 is 0 Å². The molecule has 0 bridgehead atoms. The van der Waals surface area contributed by atoms with Gasteiger partial charge in [-0.1, -0.05) is 0 Å². The van der Waals surface area contributed by atoms with Crippen LogP contribution in [0.2, 0.25) is 0 Å². The van der Waals surface area contributed by atoms with E-state index in [2.05, 4.69) is 0 Å². The van der Waals surface area contributed by atoms with Gasteiger partial charge in [0.05, 0.1) is 6.10 Å². The first-order chi connectivity index (χ1) is 7.54. The molecule has 0 aromatic heterocycles. The summed E-state index contributed by atoms with van der Waals surface area (Å²) in [5.74, 6) is -0.422. The second kappa shape index (κ2) is 5.61. The molecular formula is C12H16FNO2. The van der Waals surface area contributed by atoms with Gasteiger partial charge in [-0.05, 0) is 31.5 Å². The van der Waals surface area contributed by atoms with Crippen LogP contribution in [-0.2, 0) is 0 Å². The lowest BCUT2D eigenvalue weighted by Gasteiger charge is -2.21. The van der Waals surface area contributed by atoms with Gasteiger partial charge >= 0.3 is 0 Å². The van der Waals surface area contributed by atoms with Gasteiger partial charge < -0.3 is 10.0 Å². The number of aldehydes is 1. The summed E-state index contributed by atoms with van der Waals surface area (Å²) in [7, 11) is 1.81. The maximum Gasteiger partial charge on any atom is 0.152 e. The monoisotopic (exact) mass is 225 g/mol. The molecule has 0 aliphatic heterocycles. The molecule has 1 aromatic carbocycles. The normalized spacial score (nSPS) is 12.2. The summed E-state index contributed by atoms with van der Waals surface area (Å²) in [6.07, 6.45) is 0.853. The van der Waals surface area contributed by atoms with Crippen molar-refractivity contribution in [1.29, 1.82) is 0 Å². The number of carbonyl (C=O) groups is 1. The Labute approximate surface area is 94.5 Å². The van der Waals surface area contributed by atoms with E-state index in [-0.39, 0.29) is 6.10 Å². The Bertz CT molecular complexity index is 366. The van der Waals surface area contributed by atoms with Crippen LogP contribution in [0, 0.1) is 5.82 Å². The lowest BCUT2D eigenvalue weighted by Crippen LogP contribution is -2.22. The van der Waals surface area contributed by atoms with Crippen molar-refractivity contribution < 1.29 is 14.3 Å². The number of halogens is 1. The van der Waals surface area contributed by atoms with Gasteiger partial charge in [-0.25, -0.2) is 4.39 Å². The first-order valence-electron chi connectivity index (χ1n) is 5.18. The second-order valence-electron chi connectivity index (χ2n) is 3.88. The van der Waals surface area contributed by atoms with E-state index in [0.29, 0.717) is 30.5 Å². The predicted octanol–water partition coefficient (Wildman–Crippen LogP) is 1.85. The summed E-state index contributed by atoms with van der Waals surface area (Å²) in [6.45, 7) is 2.32. The van der Waals surface area contributed by atoms with E-state index in [4.69, 9.17) is 5.11 Å². The summed E-state index contributed by atoms with van der Waals surface area (Å²) in [6, 6.07) is 4.10. The van der Waals surface area contributed by atoms with Crippen molar-refractivity contribution in [2.24, 2.45) is 0 Å². The molecule has 0 aliphatic carbocycles. The van der Waals surface area contributed by atoms with Crippen LogP contribution in [0.25, 0.3) is 0 Å². The van der Waals surface area contributed by atoms with Crippen molar-refractivity contribution in [2.45, 2.75) is 19.4 Å². The fourth-order valence-corrected chi connectivity index (χ4v) is 1.47. The average Bonchev–Trinajstić information content (AvgIpc) is 2.25. The van der Waals surface area contributed by atoms with Crippen molar-refractivity contribution in [1.82, 2.24) is 0 Å². The Kier molecular flexibility index (Phi) is 4.43. The Morgan fingerprint density at radius 3 is 2.81 bits per heavy atom. The van der Waals surface area contributed by atoms with Crippen molar-refractivity contribution in [3.05, 3.63) is 29.6 Å². The fraction of sp³-hybridized carbons (Fsp3) is 0.417. The third kappa shape index (κ3) is 3.31. The molecule has 1 aromatic rings. The third-order valence-electron chi connectivity index (χ3n) is 2.41. The van der Waals surface area contributed by atoms with Crippen LogP contribution < -0.4 is 4.90 Å². The molecule has 0 heterocycles. The summed E-state index contributed by atoms with van der Waals surface area (Å²) < 4.78 is 12.9. The van der Waals surface area contributed by atoms with Crippen LogP contribution >= 0.6 is 0 Å². The zero-order valence-corrected chi connectivity index (χ0v) is 9.48. The number of carbonyl (C=O) groups excluding carboxylic acids is 1. The molecule has 88 valence electrons. The molecule has 3 nitrogen and oxygen atoms in total. The number of hydrogen-bond acceptors (Lipinski definition) is 3. The van der Waals surface area contributed by atoms with Gasteiger partial charge in [-0.2, -0.15) is 0 Å². The van der Waals surface area contributed by atoms with Crippen LogP contribution in [0.15, 0.2) is 18.2 Å². The van der Waals surface area contributed by atoms with E-state index in [1.54, 1.807) is 13.0 Å². The van der Waals surface area contributed by atoms with E-state index in [1.807, 2.05) is 11.9 Å². The van der Waals surface area contributed by atoms with E-state index in [9.17, 15) is 9.18 Å². The molecule has 0 amide bonds. The molecule has 0 radical (unpaired) electrons. The van der Waals surface area contributed by atoms with Gasteiger partial charge in [-0.3, -0.25) is 4.79 Å². The molecule has 0 fully saturated rings. The van der Waals surface area contributed by atoms with Gasteiger partial charge in [-0.15, -0.1) is 0 Å². The molecule has 1 N–H and O–H groups in total. The molecular weight excluding hydrogens is 209 g/mol. The zero-order valence-electron chi connectivity index (χ0n) is 9.48. The van der Waals surface area contributed by atoms with Gasteiger partial charge in [0.1, 0.15) is 5.82 Å². The lowest BCUT2D eigenvalue weighted by atomic mass is 10.1. The van der Waals surface area contributed by atoms with Gasteiger partial charge in [0.15, 0.2) is 6.29 Å². The summed E-state index contributed by atoms with van der Waals surface area (Å²) in [5, 5.41) is 9.16. The summed E-state index contributed by atoms with van der Waals surface area (Å²) in [5.41, 5.74) is 1.00. The van der Waals surface area contributed by atoms with E-state index < -0.39 is 5.82 Å². The molecule has 0 saturated heterocycles. The number of aliphatic hydroxyl groups excluding tert-OH is 1. The molecule has 16 heavy (non-hydrogen) atoms. The Morgan fingerprint density at radius 2 is 2.25 bits per heavy atom. The highest BCUT2D eigenvalue weighted by molar-refractivity contribution is 5.84. The fourth-order valence-electron chi connectivity index (χ4n) is 1.47. The lowest BCUT2D eigenvalue weighted by molar-refractivity contribution is 0.112. The number of rotatable bonds is 5. The van der Waals surface area contributed by atoms with Crippen molar-refractivity contribution >= 4 is 12.0 Å². The third-order valence-corrected chi connectivity index (χ3v) is 2.41. The largest absolute Gasteiger partial charge is 0.393 e. The number of aliphatic hydroxyl groups is 1. The van der Waals surface area contributed by atoms with Crippen LogP contribution in [0.4, 0.5) is 10.1 Å². The topological polar surface area (TPSA) is 40.5 Å². The SMILES string of the molecule is CC(O)CCN(C)c1ccc(F)cc1C=O. The van der Waals surface area contributed by atoms with Crippen LogP contribution in [0.1, 0.15) is 23.7 Å². The summed E-state index contributed by atoms with van der Waals surface area (Å²) in [4.78, 5) is 12.6. The van der Waals surface area contributed by atoms with Crippen molar-refractivity contribution in [3.8, 4) is 0 Å². The average molecular weight is 225 g/mol. The highest BCUT2D eigenvalue weighted by Gasteiger charge is 2.08. The van der Waals surface area contributed by atoms with E-state index in [0.717, 1.165) is 0 Å². The quantitative estimate of drug-likeness (QED) is 0.777. The number of nitrogens with zero attached hydrogens (tertiary/aromatic N) is 1. The van der Waals surface area contributed by atoms with Gasteiger partial charge in [0.2, 0.25) is 0 Å². The number of anilines is 1. The van der Waals surface area contributed by atoms with Crippen LogP contribution in [0.3, 0.4) is 0 Å². The molecule has 0 saturated carbocycles. The first-order valence-corrected chi connectivity index (χ1v) is 5.18. The first kappa shape index (κ1) is 12.6. The maximum atomic E-state index is 12.9. The van der Waals surface area contributed by atoms with Crippen LogP contribution in [0.5, 0.6) is 0 Å². The standard InChI is InChI=1S/C12H16FNO2/c1-9(16)5-6-14(2)12-4-3-11(13)7-10(12)8-15/h3-4,7-9,16H,5-6H2,1-2H3. The zero-order chi connectivity index (χ0) is 12.1. The molecule has 4 heteroatoms. The predicted molar refractivity (Wildman–Crippen MR) is 61.4 cm³/mol. The molecule has 1 atom stereocenters. The van der Waals surface area contributed by atoms with Crippen molar-refractivity contribution in [2.75, 3.05) is 18.5 Å². The Morgan fingerprint density at radius 1 is 1.56 bits per heavy atom. The minimum absolute atomic E-state index is 0.327. The Balaban J connectivity index is 2.81. The van der Waals surface area contributed by atoms with Crippen molar-refractivity contribution in [3.63, 3.8) is 0 Å². The van der Waals surface area contributed by atoms with E-state index in [1.165, 1.54) is 12.1 Å². The smallest absolute Gasteiger partial charge is 0.152 e.